The smallest absolute Gasteiger partial charge is 0.197 e. The van der Waals surface area contributed by atoms with Crippen LogP contribution in [0.1, 0.15) is 26.3 Å². The summed E-state index contributed by atoms with van der Waals surface area (Å²) in [4.78, 5) is 29.0. The molecule has 0 N–H and O–H groups in total. The molecule has 43 heavy (non-hydrogen) atoms. The third kappa shape index (κ3) is 4.13. The van der Waals surface area contributed by atoms with E-state index in [1.807, 2.05) is 66.7 Å². The third-order valence-corrected chi connectivity index (χ3v) is 8.31. The van der Waals surface area contributed by atoms with Crippen LogP contribution in [-0.2, 0) is 0 Å². The summed E-state index contributed by atoms with van der Waals surface area (Å²) in [6.07, 6.45) is 1.72. The molecule has 3 heteroatoms. The Kier molecular flexibility index (Phi) is 5.76. The zero-order valence-electron chi connectivity index (χ0n) is 23.2. The van der Waals surface area contributed by atoms with Crippen molar-refractivity contribution in [1.82, 2.24) is 0 Å². The number of anilines is 3. The van der Waals surface area contributed by atoms with Crippen LogP contribution in [-0.4, -0.2) is 11.6 Å². The van der Waals surface area contributed by atoms with Gasteiger partial charge in [-0.1, -0.05) is 103 Å². The molecule has 1 aliphatic rings. The van der Waals surface area contributed by atoms with E-state index in [-0.39, 0.29) is 17.1 Å². The van der Waals surface area contributed by atoms with Gasteiger partial charge in [-0.25, -0.2) is 0 Å². The third-order valence-electron chi connectivity index (χ3n) is 8.31. The number of rotatable bonds is 4. The van der Waals surface area contributed by atoms with E-state index in [0.717, 1.165) is 44.2 Å². The highest BCUT2D eigenvalue weighted by Crippen LogP contribution is 2.43. The van der Waals surface area contributed by atoms with E-state index in [0.29, 0.717) is 11.1 Å². The van der Waals surface area contributed by atoms with E-state index in [1.165, 1.54) is 10.8 Å². The van der Waals surface area contributed by atoms with Gasteiger partial charge in [0.1, 0.15) is 0 Å². The number of para-hydroxylation sites is 1. The second kappa shape index (κ2) is 9.93. The Morgan fingerprint density at radius 2 is 0.907 bits per heavy atom. The van der Waals surface area contributed by atoms with Crippen molar-refractivity contribution in [2.24, 2.45) is 0 Å². The summed E-state index contributed by atoms with van der Waals surface area (Å²) in [5.74, 6) is -0.439. The fourth-order valence-electron chi connectivity index (χ4n) is 6.24. The van der Waals surface area contributed by atoms with Crippen molar-refractivity contribution < 1.29 is 9.59 Å². The lowest BCUT2D eigenvalue weighted by Gasteiger charge is -2.28. The second-order valence-electron chi connectivity index (χ2n) is 10.9. The van der Waals surface area contributed by atoms with Crippen molar-refractivity contribution in [1.29, 1.82) is 0 Å². The Balaban J connectivity index is 1.24. The Labute approximate surface area is 248 Å². The van der Waals surface area contributed by atoms with Gasteiger partial charge in [-0.05, 0) is 75.6 Å². The topological polar surface area (TPSA) is 37.4 Å². The minimum atomic E-state index is -0.219. The number of hydrogen-bond acceptors (Lipinski definition) is 3. The molecule has 3 nitrogen and oxygen atoms in total. The number of nitrogens with zero attached hydrogens (tertiary/aromatic N) is 1. The van der Waals surface area contributed by atoms with Gasteiger partial charge in [0.2, 0.25) is 0 Å². The molecule has 7 aromatic carbocycles. The molecule has 0 saturated heterocycles. The van der Waals surface area contributed by atoms with Crippen molar-refractivity contribution in [2.75, 3.05) is 4.90 Å². The van der Waals surface area contributed by atoms with Gasteiger partial charge in [0.15, 0.2) is 11.6 Å². The number of carbonyl (C=O) groups excluding carboxylic acids is 2. The lowest BCUT2D eigenvalue weighted by molar-refractivity contribution is 0.0990. The van der Waals surface area contributed by atoms with Gasteiger partial charge in [-0.15, -0.1) is 0 Å². The highest BCUT2D eigenvalue weighted by atomic mass is 16.2. The van der Waals surface area contributed by atoms with Crippen molar-refractivity contribution >= 4 is 67.0 Å². The number of carbonyl (C=O) groups is 2. The first-order valence-electron chi connectivity index (χ1n) is 14.4. The summed E-state index contributed by atoms with van der Waals surface area (Å²) in [5.41, 5.74) is 5.09. The van der Waals surface area contributed by atoms with E-state index >= 15 is 0 Å². The summed E-state index contributed by atoms with van der Waals surface area (Å²) in [6.45, 7) is 0. The summed E-state index contributed by atoms with van der Waals surface area (Å²) in [7, 11) is 0. The highest BCUT2D eigenvalue weighted by Gasteiger charge is 2.33. The fraction of sp³-hybridized carbons (Fsp3) is 0. The molecule has 7 aromatic rings. The maximum Gasteiger partial charge on any atom is 0.197 e. The SMILES string of the molecule is O=C1C(=Cc2ccc(N(c3ccccc3)c3c4ccccc4cc4ccccc34)cc2)C(=O)c2cc3ccccc3cc21. The summed E-state index contributed by atoms with van der Waals surface area (Å²) in [5, 5.41) is 6.56. The van der Waals surface area contributed by atoms with E-state index in [9.17, 15) is 9.59 Å². The molecule has 0 aliphatic heterocycles. The summed E-state index contributed by atoms with van der Waals surface area (Å²) >= 11 is 0. The number of ketones is 2. The van der Waals surface area contributed by atoms with Gasteiger partial charge in [-0.3, -0.25) is 9.59 Å². The molecule has 202 valence electrons. The maximum absolute atomic E-state index is 13.4. The first-order chi connectivity index (χ1) is 21.2. The molecule has 0 amide bonds. The summed E-state index contributed by atoms with van der Waals surface area (Å²) < 4.78 is 0. The first-order valence-corrected chi connectivity index (χ1v) is 14.4. The monoisotopic (exact) mass is 551 g/mol. The molecule has 0 bridgehead atoms. The molecule has 0 unspecified atom stereocenters. The molecule has 0 aromatic heterocycles. The lowest BCUT2D eigenvalue weighted by Crippen LogP contribution is -2.11. The maximum atomic E-state index is 13.4. The Morgan fingerprint density at radius 3 is 1.47 bits per heavy atom. The molecule has 0 heterocycles. The second-order valence-corrected chi connectivity index (χ2v) is 10.9. The molecule has 0 spiro atoms. The number of allylic oxidation sites excluding steroid dienone is 1. The lowest BCUT2D eigenvalue weighted by atomic mass is 9.99. The summed E-state index contributed by atoms with van der Waals surface area (Å²) in [6, 6.07) is 49.1. The molecule has 0 fully saturated rings. The van der Waals surface area contributed by atoms with Gasteiger partial charge in [0, 0.05) is 33.3 Å². The fourth-order valence-corrected chi connectivity index (χ4v) is 6.24. The van der Waals surface area contributed by atoms with Crippen molar-refractivity contribution in [3.8, 4) is 0 Å². The molecule has 1 aliphatic carbocycles. The average molecular weight is 552 g/mol. The van der Waals surface area contributed by atoms with Crippen LogP contribution in [0.15, 0.2) is 151 Å². The van der Waals surface area contributed by atoms with Gasteiger partial charge < -0.3 is 4.90 Å². The van der Waals surface area contributed by atoms with Crippen LogP contribution < -0.4 is 4.90 Å². The molecule has 0 atom stereocenters. The van der Waals surface area contributed by atoms with Crippen molar-refractivity contribution in [3.63, 3.8) is 0 Å². The largest absolute Gasteiger partial charge is 0.309 e. The molecule has 0 radical (unpaired) electrons. The Bertz CT molecular complexity index is 2150. The van der Waals surface area contributed by atoms with Crippen LogP contribution in [0.25, 0.3) is 38.4 Å². The quantitative estimate of drug-likeness (QED) is 0.124. The van der Waals surface area contributed by atoms with Gasteiger partial charge >= 0.3 is 0 Å². The van der Waals surface area contributed by atoms with Gasteiger partial charge in [0.25, 0.3) is 0 Å². The normalized spacial score (nSPS) is 12.7. The van der Waals surface area contributed by atoms with E-state index in [1.54, 1.807) is 6.08 Å². The molecule has 0 saturated carbocycles. The Hall–Kier alpha value is -5.80. The zero-order chi connectivity index (χ0) is 28.9. The van der Waals surface area contributed by atoms with Gasteiger partial charge in [0.05, 0.1) is 11.3 Å². The first kappa shape index (κ1) is 25.0. The standard InChI is InChI=1S/C40H25NO2/c42-39-35-24-27-10-4-5-11-28(27)25-36(35)40(43)37(39)22-26-18-20-32(21-19-26)41(31-14-2-1-3-15-31)38-33-16-8-6-12-29(33)23-30-13-7-9-17-34(30)38/h1-25H. The number of benzene rings is 7. The van der Waals surface area contributed by atoms with Crippen LogP contribution in [0.3, 0.4) is 0 Å². The van der Waals surface area contributed by atoms with Crippen molar-refractivity contribution in [3.05, 3.63) is 168 Å². The van der Waals surface area contributed by atoms with E-state index in [4.69, 9.17) is 0 Å². The number of fused-ring (bicyclic) bond motifs is 4. The predicted octanol–water partition coefficient (Wildman–Crippen LogP) is 10.1. The minimum Gasteiger partial charge on any atom is -0.309 e. The van der Waals surface area contributed by atoms with Crippen LogP contribution in [0.4, 0.5) is 17.1 Å². The van der Waals surface area contributed by atoms with E-state index < -0.39 is 0 Å². The number of Topliss-reactive ketones (excluding diaryl/α,β-unsaturated/α-hetero) is 2. The van der Waals surface area contributed by atoms with Gasteiger partial charge in [-0.2, -0.15) is 0 Å². The molecule has 8 rings (SSSR count). The molecular formula is C40H25NO2. The van der Waals surface area contributed by atoms with Crippen LogP contribution in [0.5, 0.6) is 0 Å². The van der Waals surface area contributed by atoms with Crippen LogP contribution >= 0.6 is 0 Å². The van der Waals surface area contributed by atoms with Crippen LogP contribution in [0.2, 0.25) is 0 Å². The average Bonchev–Trinajstić information content (AvgIpc) is 3.28. The highest BCUT2D eigenvalue weighted by molar-refractivity contribution is 6.42. The van der Waals surface area contributed by atoms with Crippen molar-refractivity contribution in [2.45, 2.75) is 0 Å². The minimum absolute atomic E-state index is 0.206. The number of hydrogen-bond donors (Lipinski definition) is 0. The molecular weight excluding hydrogens is 526 g/mol. The zero-order valence-corrected chi connectivity index (χ0v) is 23.2. The van der Waals surface area contributed by atoms with Crippen LogP contribution in [0, 0.1) is 0 Å². The van der Waals surface area contributed by atoms with E-state index in [2.05, 4.69) is 83.8 Å². The Morgan fingerprint density at radius 1 is 0.442 bits per heavy atom. The predicted molar refractivity (Wildman–Crippen MR) is 177 cm³/mol.